The quantitative estimate of drug-likeness (QED) is 0.535. The largest absolute Gasteiger partial charge is 0.335 e. The van der Waals surface area contributed by atoms with Gasteiger partial charge in [-0.2, -0.15) is 0 Å². The Balaban J connectivity index is 1.32. The monoisotopic (exact) mass is 470 g/mol. The van der Waals surface area contributed by atoms with Gasteiger partial charge >= 0.3 is 6.03 Å². The molecule has 0 aliphatic heterocycles. The van der Waals surface area contributed by atoms with E-state index in [9.17, 15) is 14.4 Å². The Morgan fingerprint density at radius 1 is 1.21 bits per heavy atom. The van der Waals surface area contributed by atoms with Crippen molar-refractivity contribution in [3.05, 3.63) is 30.1 Å². The van der Waals surface area contributed by atoms with Gasteiger partial charge in [0, 0.05) is 18.7 Å². The summed E-state index contributed by atoms with van der Waals surface area (Å²) in [5.41, 5.74) is 1.42. The molecule has 3 N–H and O–H groups in total. The number of anilines is 1. The molecule has 33 heavy (non-hydrogen) atoms. The SMILES string of the molecule is CC(=O)Nc1cccc(-n2c(C)nnc2SCC(=O)NC(=O)NC(C)C2CC3CCC2C3)c1. The fraction of sp³-hybridized carbons (Fsp3) is 0.522. The van der Waals surface area contributed by atoms with Crippen LogP contribution in [0.5, 0.6) is 0 Å². The number of aryl methyl sites for hydroxylation is 1. The third kappa shape index (κ3) is 5.55. The minimum atomic E-state index is -0.448. The highest BCUT2D eigenvalue weighted by Crippen LogP contribution is 2.49. The number of hydrogen-bond acceptors (Lipinski definition) is 6. The number of benzene rings is 1. The van der Waals surface area contributed by atoms with E-state index in [4.69, 9.17) is 0 Å². The average molecular weight is 471 g/mol. The van der Waals surface area contributed by atoms with Crippen molar-refractivity contribution in [1.82, 2.24) is 25.4 Å². The van der Waals surface area contributed by atoms with Crippen LogP contribution in [0.3, 0.4) is 0 Å². The van der Waals surface area contributed by atoms with Crippen LogP contribution in [0.4, 0.5) is 10.5 Å². The molecule has 4 rings (SSSR count). The first-order valence-corrected chi connectivity index (χ1v) is 12.3. The molecule has 2 aromatic rings. The second-order valence-electron chi connectivity index (χ2n) is 9.03. The molecule has 1 aromatic carbocycles. The van der Waals surface area contributed by atoms with Gasteiger partial charge in [0.25, 0.3) is 0 Å². The van der Waals surface area contributed by atoms with Crippen LogP contribution in [-0.2, 0) is 9.59 Å². The number of carbonyl (C=O) groups excluding carboxylic acids is 3. The Morgan fingerprint density at radius 3 is 2.73 bits per heavy atom. The molecule has 1 heterocycles. The summed E-state index contributed by atoms with van der Waals surface area (Å²) in [4.78, 5) is 36.1. The molecular formula is C23H30N6O3S. The molecule has 1 aromatic heterocycles. The molecule has 0 saturated heterocycles. The smallest absolute Gasteiger partial charge is 0.321 e. The van der Waals surface area contributed by atoms with E-state index in [1.807, 2.05) is 32.0 Å². The maximum atomic E-state index is 12.4. The van der Waals surface area contributed by atoms with Crippen LogP contribution in [0.25, 0.3) is 5.69 Å². The summed E-state index contributed by atoms with van der Waals surface area (Å²) in [6.07, 6.45) is 5.03. The Morgan fingerprint density at radius 2 is 2.03 bits per heavy atom. The third-order valence-electron chi connectivity index (χ3n) is 6.60. The summed E-state index contributed by atoms with van der Waals surface area (Å²) in [6, 6.07) is 6.91. The Bertz CT molecular complexity index is 1050. The molecule has 2 aliphatic carbocycles. The number of amides is 4. The summed E-state index contributed by atoms with van der Waals surface area (Å²) in [5.74, 6) is 2.15. The number of thioether (sulfide) groups is 1. The summed E-state index contributed by atoms with van der Waals surface area (Å²) in [6.45, 7) is 5.29. The first-order chi connectivity index (χ1) is 15.8. The van der Waals surface area contributed by atoms with E-state index in [-0.39, 0.29) is 17.7 Å². The molecule has 4 atom stereocenters. The normalized spacial score (nSPS) is 22.1. The van der Waals surface area contributed by atoms with E-state index in [0.717, 1.165) is 11.6 Å². The predicted octanol–water partition coefficient (Wildman–Crippen LogP) is 3.28. The summed E-state index contributed by atoms with van der Waals surface area (Å²) >= 11 is 1.20. The predicted molar refractivity (Wildman–Crippen MR) is 126 cm³/mol. The maximum Gasteiger partial charge on any atom is 0.321 e. The summed E-state index contributed by atoms with van der Waals surface area (Å²) in [7, 11) is 0. The molecule has 2 saturated carbocycles. The molecule has 0 spiro atoms. The first kappa shape index (κ1) is 23.3. The molecule has 10 heteroatoms. The van der Waals surface area contributed by atoms with Gasteiger partial charge in [-0.1, -0.05) is 24.2 Å². The fourth-order valence-corrected chi connectivity index (χ4v) is 6.01. The lowest BCUT2D eigenvalue weighted by Gasteiger charge is -2.28. The van der Waals surface area contributed by atoms with Gasteiger partial charge in [-0.3, -0.25) is 19.5 Å². The van der Waals surface area contributed by atoms with Crippen molar-refractivity contribution in [3.63, 3.8) is 0 Å². The molecule has 4 unspecified atom stereocenters. The van der Waals surface area contributed by atoms with Crippen LogP contribution in [0.15, 0.2) is 29.4 Å². The van der Waals surface area contributed by atoms with Gasteiger partial charge in [0.05, 0.1) is 11.4 Å². The molecule has 9 nitrogen and oxygen atoms in total. The van der Waals surface area contributed by atoms with Crippen molar-refractivity contribution >= 4 is 35.3 Å². The highest BCUT2D eigenvalue weighted by atomic mass is 32.2. The van der Waals surface area contributed by atoms with Crippen LogP contribution in [0.2, 0.25) is 0 Å². The van der Waals surface area contributed by atoms with Gasteiger partial charge in [-0.15, -0.1) is 10.2 Å². The first-order valence-electron chi connectivity index (χ1n) is 11.3. The molecule has 2 aliphatic rings. The number of nitrogens with one attached hydrogen (secondary N) is 3. The van der Waals surface area contributed by atoms with E-state index in [2.05, 4.69) is 26.1 Å². The van der Waals surface area contributed by atoms with Gasteiger partial charge in [-0.05, 0) is 69.1 Å². The zero-order valence-electron chi connectivity index (χ0n) is 19.1. The number of rotatable bonds is 7. The molecule has 0 radical (unpaired) electrons. The van der Waals surface area contributed by atoms with E-state index >= 15 is 0 Å². The molecular weight excluding hydrogens is 440 g/mol. The van der Waals surface area contributed by atoms with Crippen molar-refractivity contribution in [2.75, 3.05) is 11.1 Å². The minimum absolute atomic E-state index is 0.0272. The maximum absolute atomic E-state index is 12.4. The molecule has 2 bridgehead atoms. The van der Waals surface area contributed by atoms with Crippen molar-refractivity contribution in [1.29, 1.82) is 0 Å². The Kier molecular flexibility index (Phi) is 7.02. The van der Waals surface area contributed by atoms with Gasteiger partial charge in [0.2, 0.25) is 11.8 Å². The number of imide groups is 1. The van der Waals surface area contributed by atoms with Gasteiger partial charge in [0.1, 0.15) is 5.82 Å². The fourth-order valence-electron chi connectivity index (χ4n) is 5.21. The standard InChI is InChI=1S/C23H30N6O3S/c1-13(20-10-16-7-8-17(20)9-16)24-22(32)26-21(31)12-33-23-28-27-14(2)29(23)19-6-4-5-18(11-19)25-15(3)30/h4-6,11,13,16-17,20H,7-10,12H2,1-3H3,(H,25,30)(H2,24,26,31,32). The number of hydrogen-bond donors (Lipinski definition) is 3. The minimum Gasteiger partial charge on any atom is -0.335 e. The van der Waals surface area contributed by atoms with Crippen molar-refractivity contribution in [2.45, 2.75) is 57.7 Å². The molecule has 2 fully saturated rings. The van der Waals surface area contributed by atoms with Crippen LogP contribution in [0.1, 0.15) is 45.4 Å². The van der Waals surface area contributed by atoms with Crippen LogP contribution >= 0.6 is 11.8 Å². The zero-order chi connectivity index (χ0) is 23.5. The van der Waals surface area contributed by atoms with E-state index < -0.39 is 11.9 Å². The highest BCUT2D eigenvalue weighted by Gasteiger charge is 2.42. The van der Waals surface area contributed by atoms with Crippen molar-refractivity contribution in [2.24, 2.45) is 17.8 Å². The third-order valence-corrected chi connectivity index (χ3v) is 7.53. The van der Waals surface area contributed by atoms with Crippen LogP contribution < -0.4 is 16.0 Å². The summed E-state index contributed by atoms with van der Waals surface area (Å²) in [5, 5.41) is 16.9. The molecule has 176 valence electrons. The second kappa shape index (κ2) is 9.94. The lowest BCUT2D eigenvalue weighted by atomic mass is 9.84. The van der Waals surface area contributed by atoms with Gasteiger partial charge in [0.15, 0.2) is 5.16 Å². The number of fused-ring (bicyclic) bond motifs is 2. The summed E-state index contributed by atoms with van der Waals surface area (Å²) < 4.78 is 1.81. The van der Waals surface area contributed by atoms with Crippen LogP contribution in [-0.4, -0.2) is 44.4 Å². The topological polar surface area (TPSA) is 118 Å². The Hall–Kier alpha value is -2.88. The van der Waals surface area contributed by atoms with Crippen LogP contribution in [0, 0.1) is 24.7 Å². The number of nitrogens with zero attached hydrogens (tertiary/aromatic N) is 3. The second-order valence-corrected chi connectivity index (χ2v) is 9.98. The van der Waals surface area contributed by atoms with Crippen molar-refractivity contribution < 1.29 is 14.4 Å². The zero-order valence-corrected chi connectivity index (χ0v) is 19.9. The Labute approximate surface area is 197 Å². The van der Waals surface area contributed by atoms with E-state index in [1.165, 1.54) is 44.4 Å². The van der Waals surface area contributed by atoms with Gasteiger partial charge < -0.3 is 10.6 Å². The molecule has 4 amide bonds. The average Bonchev–Trinajstić information content (AvgIpc) is 3.47. The number of carbonyl (C=O) groups is 3. The van der Waals surface area contributed by atoms with E-state index in [0.29, 0.717) is 28.5 Å². The van der Waals surface area contributed by atoms with Gasteiger partial charge in [-0.25, -0.2) is 4.79 Å². The van der Waals surface area contributed by atoms with E-state index in [1.54, 1.807) is 10.6 Å². The van der Waals surface area contributed by atoms with Crippen molar-refractivity contribution in [3.8, 4) is 5.69 Å². The lowest BCUT2D eigenvalue weighted by Crippen LogP contribution is -2.47. The number of aromatic nitrogens is 3. The lowest BCUT2D eigenvalue weighted by molar-refractivity contribution is -0.117. The highest BCUT2D eigenvalue weighted by molar-refractivity contribution is 7.99. The number of urea groups is 1.